The van der Waals surface area contributed by atoms with E-state index in [1.807, 2.05) is 0 Å². The number of nitrogens with two attached hydrogens (primary N) is 1. The molecular weight excluding hydrogens is 358 g/mol. The van der Waals surface area contributed by atoms with Crippen LogP contribution in [0.1, 0.15) is 5.56 Å². The number of rotatable bonds is 6. The lowest BCUT2D eigenvalue weighted by atomic mass is 10.1. The molecule has 0 saturated heterocycles. The zero-order chi connectivity index (χ0) is 18.7. The minimum Gasteiger partial charge on any atom is -0.501 e. The molecular formula is C18H17NO6S. The van der Waals surface area contributed by atoms with Gasteiger partial charge >= 0.3 is 10.1 Å². The average molecular weight is 375 g/mol. The molecule has 0 fully saturated rings. The third-order valence-electron chi connectivity index (χ3n) is 3.59. The summed E-state index contributed by atoms with van der Waals surface area (Å²) in [6.07, 6.45) is 0. The largest absolute Gasteiger partial charge is 0.501 e. The summed E-state index contributed by atoms with van der Waals surface area (Å²) >= 11 is 0. The third-order valence-corrected chi connectivity index (χ3v) is 4.70. The van der Waals surface area contributed by atoms with Crippen LogP contribution in [0.5, 0.6) is 17.2 Å². The monoisotopic (exact) mass is 375 g/mol. The van der Waals surface area contributed by atoms with E-state index in [2.05, 4.69) is 0 Å². The fourth-order valence-corrected chi connectivity index (χ4v) is 3.47. The van der Waals surface area contributed by atoms with Crippen molar-refractivity contribution in [2.45, 2.75) is 5.75 Å². The number of furan rings is 1. The molecule has 3 aromatic rings. The Bertz CT molecular complexity index is 1010. The van der Waals surface area contributed by atoms with Crippen molar-refractivity contribution < 1.29 is 26.9 Å². The van der Waals surface area contributed by atoms with E-state index in [0.29, 0.717) is 16.9 Å². The fourth-order valence-electron chi connectivity index (χ4n) is 2.40. The molecule has 0 unspecified atom stereocenters. The van der Waals surface area contributed by atoms with E-state index in [0.717, 1.165) is 0 Å². The Hall–Kier alpha value is -3.13. The van der Waals surface area contributed by atoms with Crippen molar-refractivity contribution in [1.82, 2.24) is 0 Å². The van der Waals surface area contributed by atoms with Gasteiger partial charge in [-0.1, -0.05) is 42.5 Å². The number of ether oxygens (including phenoxy) is 1. The second kappa shape index (κ2) is 7.01. The van der Waals surface area contributed by atoms with E-state index in [1.165, 1.54) is 7.11 Å². The normalized spacial score (nSPS) is 11.3. The summed E-state index contributed by atoms with van der Waals surface area (Å²) in [6, 6.07) is 15.2. The maximum atomic E-state index is 12.3. The quantitative estimate of drug-likeness (QED) is 0.636. The van der Waals surface area contributed by atoms with Crippen LogP contribution in [-0.4, -0.2) is 20.6 Å². The third kappa shape index (κ3) is 3.75. The minimum atomic E-state index is -4.04. The molecule has 0 atom stereocenters. The number of hydrogen-bond donors (Lipinski definition) is 2. The van der Waals surface area contributed by atoms with Crippen LogP contribution in [0.25, 0.3) is 11.3 Å². The first-order valence-corrected chi connectivity index (χ1v) is 9.19. The molecule has 0 aliphatic carbocycles. The lowest BCUT2D eigenvalue weighted by Gasteiger charge is -2.06. The van der Waals surface area contributed by atoms with Crippen LogP contribution < -0.4 is 14.7 Å². The van der Waals surface area contributed by atoms with Gasteiger partial charge in [0.1, 0.15) is 11.5 Å². The number of benzene rings is 2. The van der Waals surface area contributed by atoms with E-state index in [-0.39, 0.29) is 17.4 Å². The van der Waals surface area contributed by atoms with Crippen molar-refractivity contribution in [1.29, 1.82) is 0 Å². The molecule has 8 heteroatoms. The Morgan fingerprint density at radius 1 is 1.12 bits per heavy atom. The van der Waals surface area contributed by atoms with Crippen LogP contribution in [0.3, 0.4) is 0 Å². The topological polar surface area (TPSA) is 112 Å². The van der Waals surface area contributed by atoms with Crippen molar-refractivity contribution >= 4 is 16.0 Å². The molecule has 0 saturated carbocycles. The first-order valence-electron chi connectivity index (χ1n) is 7.61. The number of methoxy groups -OCH3 is 1. The highest BCUT2D eigenvalue weighted by atomic mass is 32.2. The predicted octanol–water partition coefficient (Wildman–Crippen LogP) is 3.15. The molecule has 3 N–H and O–H groups in total. The van der Waals surface area contributed by atoms with Gasteiger partial charge in [-0.25, -0.2) is 0 Å². The van der Waals surface area contributed by atoms with Crippen LogP contribution in [0.15, 0.2) is 59.0 Å². The van der Waals surface area contributed by atoms with Crippen LogP contribution in [-0.2, 0) is 15.9 Å². The molecule has 0 bridgehead atoms. The lowest BCUT2D eigenvalue weighted by Crippen LogP contribution is -2.12. The molecule has 0 radical (unpaired) electrons. The van der Waals surface area contributed by atoms with Crippen molar-refractivity contribution in [2.24, 2.45) is 0 Å². The van der Waals surface area contributed by atoms with Crippen molar-refractivity contribution in [3.63, 3.8) is 0 Å². The number of hydrogen-bond acceptors (Lipinski definition) is 7. The standard InChI is InChI=1S/C18H17NO6S/c1-23-14-9-5-8-13(10-14)16-15(20)17(18(19)24-16)25-26(21,22)11-12-6-3-2-4-7-12/h2-10,20H,11,19H2,1H3. The summed E-state index contributed by atoms with van der Waals surface area (Å²) in [6.45, 7) is 0. The van der Waals surface area contributed by atoms with Gasteiger partial charge in [0.2, 0.25) is 17.4 Å². The smallest absolute Gasteiger partial charge is 0.313 e. The molecule has 0 aliphatic heterocycles. The maximum Gasteiger partial charge on any atom is 0.313 e. The van der Waals surface area contributed by atoms with E-state index in [1.54, 1.807) is 54.6 Å². The highest BCUT2D eigenvalue weighted by molar-refractivity contribution is 7.86. The summed E-state index contributed by atoms with van der Waals surface area (Å²) in [5.41, 5.74) is 6.71. The highest BCUT2D eigenvalue weighted by Gasteiger charge is 2.26. The van der Waals surface area contributed by atoms with Crippen molar-refractivity contribution in [3.8, 4) is 28.6 Å². The van der Waals surface area contributed by atoms with Gasteiger partial charge in [0, 0.05) is 5.56 Å². The molecule has 0 amide bonds. The number of nitrogen functional groups attached to an aromatic ring is 1. The summed E-state index contributed by atoms with van der Waals surface area (Å²) in [4.78, 5) is 0. The Morgan fingerprint density at radius 3 is 2.54 bits per heavy atom. The molecule has 1 aromatic heterocycles. The number of aromatic hydroxyl groups is 1. The van der Waals surface area contributed by atoms with Crippen molar-refractivity contribution in [2.75, 3.05) is 12.8 Å². The lowest BCUT2D eigenvalue weighted by molar-refractivity contribution is 0.414. The van der Waals surface area contributed by atoms with Gasteiger partial charge in [-0.15, -0.1) is 0 Å². The van der Waals surface area contributed by atoms with E-state index in [4.69, 9.17) is 19.1 Å². The van der Waals surface area contributed by atoms with Gasteiger partial charge in [-0.05, 0) is 17.7 Å². The van der Waals surface area contributed by atoms with E-state index < -0.39 is 21.6 Å². The zero-order valence-corrected chi connectivity index (χ0v) is 14.7. The summed E-state index contributed by atoms with van der Waals surface area (Å²) in [5.74, 6) is -1.10. The second-order valence-electron chi connectivity index (χ2n) is 5.48. The van der Waals surface area contributed by atoms with Crippen molar-refractivity contribution in [3.05, 3.63) is 60.2 Å². The molecule has 1 heterocycles. The summed E-state index contributed by atoms with van der Waals surface area (Å²) in [5, 5.41) is 10.4. The number of anilines is 1. The first kappa shape index (κ1) is 17.7. The Balaban J connectivity index is 1.90. The van der Waals surface area contributed by atoms with Crippen LogP contribution >= 0.6 is 0 Å². The fraction of sp³-hybridized carbons (Fsp3) is 0.111. The molecule has 0 aliphatic rings. The minimum absolute atomic E-state index is 0.00805. The first-order chi connectivity index (χ1) is 12.4. The highest BCUT2D eigenvalue weighted by Crippen LogP contribution is 2.45. The Kier molecular flexibility index (Phi) is 4.77. The Morgan fingerprint density at radius 2 is 1.85 bits per heavy atom. The van der Waals surface area contributed by atoms with Gasteiger partial charge in [-0.3, -0.25) is 0 Å². The summed E-state index contributed by atoms with van der Waals surface area (Å²) < 4.78 is 40.0. The van der Waals surface area contributed by atoms with Gasteiger partial charge in [0.25, 0.3) is 0 Å². The maximum absolute atomic E-state index is 12.3. The van der Waals surface area contributed by atoms with Gasteiger partial charge < -0.3 is 24.2 Å². The second-order valence-corrected chi connectivity index (χ2v) is 7.05. The van der Waals surface area contributed by atoms with Crippen LogP contribution in [0.4, 0.5) is 5.88 Å². The Labute approximate surface area is 150 Å². The SMILES string of the molecule is COc1cccc(-c2oc(N)c(OS(=O)(=O)Cc3ccccc3)c2O)c1. The van der Waals surface area contributed by atoms with Gasteiger partial charge in [0.15, 0.2) is 5.76 Å². The van der Waals surface area contributed by atoms with Crippen LogP contribution in [0.2, 0.25) is 0 Å². The summed E-state index contributed by atoms with van der Waals surface area (Å²) in [7, 11) is -2.54. The van der Waals surface area contributed by atoms with Gasteiger partial charge in [0.05, 0.1) is 7.11 Å². The average Bonchev–Trinajstić information content (AvgIpc) is 2.90. The molecule has 0 spiro atoms. The van der Waals surface area contributed by atoms with E-state index >= 15 is 0 Å². The van der Waals surface area contributed by atoms with Crippen LogP contribution in [0, 0.1) is 0 Å². The van der Waals surface area contributed by atoms with Gasteiger partial charge in [-0.2, -0.15) is 8.42 Å². The molecule has 26 heavy (non-hydrogen) atoms. The zero-order valence-electron chi connectivity index (χ0n) is 13.9. The predicted molar refractivity (Wildman–Crippen MR) is 96.5 cm³/mol. The molecule has 3 rings (SSSR count). The molecule has 2 aromatic carbocycles. The molecule has 136 valence electrons. The van der Waals surface area contributed by atoms with E-state index in [9.17, 15) is 13.5 Å². The molecule has 7 nitrogen and oxygen atoms in total.